The highest BCUT2D eigenvalue weighted by molar-refractivity contribution is 5.81. The first kappa shape index (κ1) is 14.5. The van der Waals surface area contributed by atoms with Crippen LogP contribution in [0.3, 0.4) is 0 Å². The van der Waals surface area contributed by atoms with Crippen LogP contribution in [-0.2, 0) is 16.0 Å². The first-order valence-corrected chi connectivity index (χ1v) is 6.64. The quantitative estimate of drug-likeness (QED) is 0.792. The maximum Gasteiger partial charge on any atom is 0.234 e. The van der Waals surface area contributed by atoms with E-state index in [0.717, 1.165) is 5.56 Å². The van der Waals surface area contributed by atoms with E-state index in [1.165, 1.54) is 12.1 Å². The lowest BCUT2D eigenvalue weighted by atomic mass is 10.1. The highest BCUT2D eigenvalue weighted by Crippen LogP contribution is 2.02. The molecule has 20 heavy (non-hydrogen) atoms. The van der Waals surface area contributed by atoms with E-state index in [4.69, 9.17) is 0 Å². The molecule has 0 atom stereocenters. The third-order valence-electron chi connectivity index (χ3n) is 3.13. The largest absolute Gasteiger partial charge is 0.355 e. The molecule has 0 saturated carbocycles. The molecule has 1 aromatic rings. The maximum atomic E-state index is 12.7. The second-order valence-corrected chi connectivity index (χ2v) is 4.79. The van der Waals surface area contributed by atoms with Crippen LogP contribution in [0.2, 0.25) is 0 Å². The van der Waals surface area contributed by atoms with Gasteiger partial charge < -0.3 is 10.6 Å². The summed E-state index contributed by atoms with van der Waals surface area (Å²) in [4.78, 5) is 24.7. The van der Waals surface area contributed by atoms with Gasteiger partial charge in [-0.3, -0.25) is 14.5 Å². The van der Waals surface area contributed by atoms with Crippen molar-refractivity contribution in [2.75, 3.05) is 32.7 Å². The molecule has 2 rings (SSSR count). The Bertz CT molecular complexity index is 476. The second kappa shape index (κ2) is 7.00. The third kappa shape index (κ3) is 4.62. The summed E-state index contributed by atoms with van der Waals surface area (Å²) < 4.78 is 12.7. The van der Waals surface area contributed by atoms with Crippen LogP contribution in [0.25, 0.3) is 0 Å². The number of rotatable bonds is 5. The average Bonchev–Trinajstić information content (AvgIpc) is 2.41. The van der Waals surface area contributed by atoms with Crippen LogP contribution in [0.15, 0.2) is 24.3 Å². The van der Waals surface area contributed by atoms with Gasteiger partial charge in [-0.2, -0.15) is 0 Å². The lowest BCUT2D eigenvalue weighted by molar-refractivity contribution is -0.126. The minimum absolute atomic E-state index is 0.0460. The Morgan fingerprint density at radius 2 is 2.10 bits per heavy atom. The monoisotopic (exact) mass is 279 g/mol. The molecule has 0 bridgehead atoms. The molecule has 1 fully saturated rings. The Balaban J connectivity index is 1.67. The van der Waals surface area contributed by atoms with Gasteiger partial charge in [-0.05, 0) is 24.1 Å². The first-order chi connectivity index (χ1) is 9.63. The highest BCUT2D eigenvalue weighted by Gasteiger charge is 2.18. The molecule has 5 nitrogen and oxygen atoms in total. The van der Waals surface area contributed by atoms with E-state index < -0.39 is 0 Å². The first-order valence-electron chi connectivity index (χ1n) is 6.64. The molecular weight excluding hydrogens is 261 g/mol. The number of benzene rings is 1. The van der Waals surface area contributed by atoms with Gasteiger partial charge in [-0.1, -0.05) is 12.1 Å². The summed E-state index contributed by atoms with van der Waals surface area (Å²) in [6, 6.07) is 6.22. The molecule has 0 radical (unpaired) electrons. The van der Waals surface area contributed by atoms with Crippen molar-refractivity contribution in [2.24, 2.45) is 0 Å². The molecule has 1 aliphatic rings. The van der Waals surface area contributed by atoms with E-state index in [1.54, 1.807) is 12.1 Å². The Morgan fingerprint density at radius 3 is 2.80 bits per heavy atom. The molecule has 1 heterocycles. The SMILES string of the molecule is O=C(CN1CCNC(=O)C1)NCCc1ccc(F)cc1. The fourth-order valence-corrected chi connectivity index (χ4v) is 2.08. The standard InChI is InChI=1S/C14H18FN3O2/c15-12-3-1-11(2-4-12)5-6-16-13(19)9-18-8-7-17-14(20)10-18/h1-4H,5-10H2,(H,16,19)(H,17,20). The summed E-state index contributed by atoms with van der Waals surface area (Å²) in [5, 5.41) is 5.51. The predicted molar refractivity (Wildman–Crippen MR) is 72.6 cm³/mol. The van der Waals surface area contributed by atoms with Crippen molar-refractivity contribution in [1.29, 1.82) is 0 Å². The minimum Gasteiger partial charge on any atom is -0.355 e. The predicted octanol–water partition coefficient (Wildman–Crippen LogP) is -0.0838. The number of hydrogen-bond acceptors (Lipinski definition) is 3. The fourth-order valence-electron chi connectivity index (χ4n) is 2.08. The summed E-state index contributed by atoms with van der Waals surface area (Å²) >= 11 is 0. The van der Waals surface area contributed by atoms with Gasteiger partial charge in [0.25, 0.3) is 0 Å². The Kier molecular flexibility index (Phi) is 5.06. The number of nitrogens with one attached hydrogen (secondary N) is 2. The number of hydrogen-bond donors (Lipinski definition) is 2. The van der Waals surface area contributed by atoms with E-state index in [9.17, 15) is 14.0 Å². The number of amides is 2. The van der Waals surface area contributed by atoms with E-state index in [1.807, 2.05) is 4.90 Å². The van der Waals surface area contributed by atoms with Gasteiger partial charge >= 0.3 is 0 Å². The molecule has 108 valence electrons. The molecule has 1 aliphatic heterocycles. The van der Waals surface area contributed by atoms with Crippen LogP contribution >= 0.6 is 0 Å². The van der Waals surface area contributed by atoms with Crippen LogP contribution in [0.1, 0.15) is 5.56 Å². The zero-order valence-corrected chi connectivity index (χ0v) is 11.2. The Morgan fingerprint density at radius 1 is 1.35 bits per heavy atom. The topological polar surface area (TPSA) is 61.4 Å². The van der Waals surface area contributed by atoms with Crippen molar-refractivity contribution < 1.29 is 14.0 Å². The van der Waals surface area contributed by atoms with Gasteiger partial charge in [-0.25, -0.2) is 4.39 Å². The molecule has 2 N–H and O–H groups in total. The van der Waals surface area contributed by atoms with Crippen molar-refractivity contribution in [1.82, 2.24) is 15.5 Å². The minimum atomic E-state index is -0.263. The molecule has 2 amide bonds. The van der Waals surface area contributed by atoms with Crippen LogP contribution in [0.4, 0.5) is 4.39 Å². The molecule has 0 aromatic heterocycles. The molecule has 0 aliphatic carbocycles. The summed E-state index contributed by atoms with van der Waals surface area (Å²) in [5.41, 5.74) is 0.976. The number of halogens is 1. The fraction of sp³-hybridized carbons (Fsp3) is 0.429. The van der Waals surface area contributed by atoms with Crippen molar-refractivity contribution >= 4 is 11.8 Å². The molecular formula is C14H18FN3O2. The van der Waals surface area contributed by atoms with Crippen LogP contribution in [0, 0.1) is 5.82 Å². The van der Waals surface area contributed by atoms with E-state index in [0.29, 0.717) is 26.1 Å². The number of carbonyl (C=O) groups excluding carboxylic acids is 2. The number of nitrogens with zero attached hydrogens (tertiary/aromatic N) is 1. The molecule has 6 heteroatoms. The molecule has 1 saturated heterocycles. The van der Waals surface area contributed by atoms with E-state index >= 15 is 0 Å². The zero-order chi connectivity index (χ0) is 14.4. The van der Waals surface area contributed by atoms with Gasteiger partial charge in [0, 0.05) is 19.6 Å². The second-order valence-electron chi connectivity index (χ2n) is 4.79. The summed E-state index contributed by atoms with van der Waals surface area (Å²) in [7, 11) is 0. The number of piperazine rings is 1. The lowest BCUT2D eigenvalue weighted by Crippen LogP contribution is -2.50. The number of carbonyl (C=O) groups is 2. The van der Waals surface area contributed by atoms with Crippen LogP contribution in [-0.4, -0.2) is 49.4 Å². The van der Waals surface area contributed by atoms with E-state index in [-0.39, 0.29) is 30.7 Å². The van der Waals surface area contributed by atoms with Crippen molar-refractivity contribution in [3.05, 3.63) is 35.6 Å². The average molecular weight is 279 g/mol. The van der Waals surface area contributed by atoms with Crippen LogP contribution in [0.5, 0.6) is 0 Å². The third-order valence-corrected chi connectivity index (χ3v) is 3.13. The maximum absolute atomic E-state index is 12.7. The van der Waals surface area contributed by atoms with Gasteiger partial charge in [0.2, 0.25) is 11.8 Å². The molecule has 0 unspecified atom stereocenters. The van der Waals surface area contributed by atoms with Crippen molar-refractivity contribution in [3.63, 3.8) is 0 Å². The summed E-state index contributed by atoms with van der Waals surface area (Å²) in [6.45, 7) is 2.28. The molecule has 1 aromatic carbocycles. The lowest BCUT2D eigenvalue weighted by Gasteiger charge is -2.25. The van der Waals surface area contributed by atoms with Crippen molar-refractivity contribution in [3.8, 4) is 0 Å². The van der Waals surface area contributed by atoms with Gasteiger partial charge in [0.15, 0.2) is 0 Å². The summed E-state index contributed by atoms with van der Waals surface area (Å²) in [6.07, 6.45) is 0.659. The van der Waals surface area contributed by atoms with Gasteiger partial charge in [0.1, 0.15) is 5.82 Å². The highest BCUT2D eigenvalue weighted by atomic mass is 19.1. The smallest absolute Gasteiger partial charge is 0.234 e. The molecule has 0 spiro atoms. The van der Waals surface area contributed by atoms with Crippen LogP contribution < -0.4 is 10.6 Å². The Labute approximate surface area is 117 Å². The zero-order valence-electron chi connectivity index (χ0n) is 11.2. The van der Waals surface area contributed by atoms with Gasteiger partial charge in [-0.15, -0.1) is 0 Å². The normalized spacial score (nSPS) is 15.8. The van der Waals surface area contributed by atoms with Crippen molar-refractivity contribution in [2.45, 2.75) is 6.42 Å². The summed E-state index contributed by atoms with van der Waals surface area (Å²) in [5.74, 6) is -0.404. The van der Waals surface area contributed by atoms with Gasteiger partial charge in [0.05, 0.1) is 13.1 Å². The van der Waals surface area contributed by atoms with E-state index in [2.05, 4.69) is 10.6 Å². The Hall–Kier alpha value is -1.95.